The molecule has 4 heteroatoms. The number of hydrogen-bond acceptors (Lipinski definition) is 2. The SMILES string of the molecule is C[C@H](C1CC1)N(C)C(=O)Cn1c2ccccc2c(=O)c2ccccc21. The number of fused-ring (bicyclic) bond motifs is 2. The minimum atomic E-state index is 0.0228. The van der Waals surface area contributed by atoms with Gasteiger partial charge >= 0.3 is 0 Å². The summed E-state index contributed by atoms with van der Waals surface area (Å²) in [4.78, 5) is 27.5. The molecule has 4 nitrogen and oxygen atoms in total. The van der Waals surface area contributed by atoms with E-state index in [2.05, 4.69) is 6.92 Å². The number of pyridine rings is 1. The normalized spacial score (nSPS) is 15.4. The number of nitrogens with zero attached hydrogens (tertiary/aromatic N) is 2. The molecule has 0 saturated heterocycles. The zero-order chi connectivity index (χ0) is 17.6. The van der Waals surface area contributed by atoms with Crippen molar-refractivity contribution >= 4 is 27.7 Å². The van der Waals surface area contributed by atoms with E-state index in [0.29, 0.717) is 16.7 Å². The van der Waals surface area contributed by atoms with E-state index in [1.165, 1.54) is 12.8 Å². The lowest BCUT2D eigenvalue weighted by Gasteiger charge is -2.26. The third-order valence-electron chi connectivity index (χ3n) is 5.48. The molecule has 2 aromatic carbocycles. The highest BCUT2D eigenvalue weighted by Gasteiger charge is 2.32. The van der Waals surface area contributed by atoms with Crippen LogP contribution >= 0.6 is 0 Å². The fourth-order valence-corrected chi connectivity index (χ4v) is 3.62. The van der Waals surface area contributed by atoms with Crippen molar-refractivity contribution in [3.05, 3.63) is 58.8 Å². The van der Waals surface area contributed by atoms with Crippen LogP contribution < -0.4 is 5.43 Å². The van der Waals surface area contributed by atoms with Crippen molar-refractivity contribution in [1.29, 1.82) is 0 Å². The molecule has 0 N–H and O–H groups in total. The maximum absolute atomic E-state index is 12.9. The summed E-state index contributed by atoms with van der Waals surface area (Å²) < 4.78 is 1.98. The van der Waals surface area contributed by atoms with Gasteiger partial charge < -0.3 is 9.47 Å². The van der Waals surface area contributed by atoms with E-state index < -0.39 is 0 Å². The van der Waals surface area contributed by atoms with Crippen molar-refractivity contribution < 1.29 is 4.79 Å². The summed E-state index contributed by atoms with van der Waals surface area (Å²) >= 11 is 0. The Morgan fingerprint density at radius 3 is 2.12 bits per heavy atom. The molecule has 1 fully saturated rings. The molecule has 0 spiro atoms. The van der Waals surface area contributed by atoms with Crippen LogP contribution in [-0.2, 0) is 11.3 Å². The lowest BCUT2D eigenvalue weighted by molar-refractivity contribution is -0.132. The fraction of sp³-hybridized carbons (Fsp3) is 0.333. The van der Waals surface area contributed by atoms with Crippen molar-refractivity contribution in [2.24, 2.45) is 5.92 Å². The van der Waals surface area contributed by atoms with Crippen molar-refractivity contribution in [1.82, 2.24) is 9.47 Å². The lowest BCUT2D eigenvalue weighted by Crippen LogP contribution is -2.38. The predicted molar refractivity (Wildman–Crippen MR) is 101 cm³/mol. The quantitative estimate of drug-likeness (QED) is 0.686. The van der Waals surface area contributed by atoms with E-state index in [0.717, 1.165) is 11.0 Å². The first kappa shape index (κ1) is 15.9. The molecular formula is C21H22N2O2. The van der Waals surface area contributed by atoms with Gasteiger partial charge in [-0.15, -0.1) is 0 Å². The van der Waals surface area contributed by atoms with E-state index in [-0.39, 0.29) is 23.9 Å². The molecule has 1 saturated carbocycles. The van der Waals surface area contributed by atoms with Gasteiger partial charge in [0, 0.05) is 23.9 Å². The molecule has 25 heavy (non-hydrogen) atoms. The summed E-state index contributed by atoms with van der Waals surface area (Å²) in [7, 11) is 1.89. The van der Waals surface area contributed by atoms with Crippen LogP contribution in [0.3, 0.4) is 0 Å². The molecule has 4 rings (SSSR count). The highest BCUT2D eigenvalue weighted by molar-refractivity contribution is 5.94. The first-order chi connectivity index (χ1) is 12.1. The number of carbonyl (C=O) groups is 1. The predicted octanol–water partition coefficient (Wildman–Crippen LogP) is 3.41. The van der Waals surface area contributed by atoms with Crippen LogP contribution in [0.1, 0.15) is 19.8 Å². The van der Waals surface area contributed by atoms with Crippen molar-refractivity contribution in [2.75, 3.05) is 7.05 Å². The van der Waals surface area contributed by atoms with Crippen LogP contribution in [-0.4, -0.2) is 28.5 Å². The number of likely N-dealkylation sites (N-methyl/N-ethyl adjacent to an activating group) is 1. The second-order valence-corrected chi connectivity index (χ2v) is 7.03. The van der Waals surface area contributed by atoms with Crippen LogP contribution in [0.2, 0.25) is 0 Å². The van der Waals surface area contributed by atoms with Crippen molar-refractivity contribution in [3.8, 4) is 0 Å². The monoisotopic (exact) mass is 334 g/mol. The second-order valence-electron chi connectivity index (χ2n) is 7.03. The first-order valence-electron chi connectivity index (χ1n) is 8.84. The summed E-state index contributed by atoms with van der Waals surface area (Å²) in [5, 5.41) is 1.32. The van der Waals surface area contributed by atoms with Gasteiger partial charge in [0.25, 0.3) is 0 Å². The van der Waals surface area contributed by atoms with Crippen LogP contribution in [0, 0.1) is 5.92 Å². The van der Waals surface area contributed by atoms with Crippen LogP contribution in [0.25, 0.3) is 21.8 Å². The summed E-state index contributed by atoms with van der Waals surface area (Å²) in [6.45, 7) is 2.37. The zero-order valence-electron chi connectivity index (χ0n) is 14.6. The number of para-hydroxylation sites is 2. The Morgan fingerprint density at radius 1 is 1.08 bits per heavy atom. The number of hydrogen-bond donors (Lipinski definition) is 0. The zero-order valence-corrected chi connectivity index (χ0v) is 14.6. The number of aromatic nitrogens is 1. The van der Waals surface area contributed by atoms with Crippen LogP contribution in [0.15, 0.2) is 53.3 Å². The Labute approximate surface area is 146 Å². The van der Waals surface area contributed by atoms with Crippen LogP contribution in [0.5, 0.6) is 0 Å². The maximum atomic E-state index is 12.9. The van der Waals surface area contributed by atoms with Crippen molar-refractivity contribution in [2.45, 2.75) is 32.4 Å². The number of carbonyl (C=O) groups excluding carboxylic acids is 1. The second kappa shape index (κ2) is 6.03. The van der Waals surface area contributed by atoms with Gasteiger partial charge in [-0.3, -0.25) is 9.59 Å². The molecule has 1 heterocycles. The number of benzene rings is 2. The van der Waals surface area contributed by atoms with Gasteiger partial charge in [-0.25, -0.2) is 0 Å². The van der Waals surface area contributed by atoms with E-state index >= 15 is 0 Å². The Balaban J connectivity index is 1.83. The Hall–Kier alpha value is -2.62. The van der Waals surface area contributed by atoms with E-state index in [1.54, 1.807) is 0 Å². The molecule has 0 unspecified atom stereocenters. The molecule has 128 valence electrons. The average Bonchev–Trinajstić information content (AvgIpc) is 3.49. The minimum Gasteiger partial charge on any atom is -0.341 e. The topological polar surface area (TPSA) is 42.3 Å². The summed E-state index contributed by atoms with van der Waals surface area (Å²) in [5.41, 5.74) is 1.65. The molecule has 1 aliphatic carbocycles. The van der Waals surface area contributed by atoms with Gasteiger partial charge in [-0.2, -0.15) is 0 Å². The summed E-state index contributed by atoms with van der Waals surface area (Å²) in [6.07, 6.45) is 2.42. The van der Waals surface area contributed by atoms with Gasteiger partial charge in [0.2, 0.25) is 5.91 Å². The third-order valence-corrected chi connectivity index (χ3v) is 5.48. The largest absolute Gasteiger partial charge is 0.341 e. The molecular weight excluding hydrogens is 312 g/mol. The van der Waals surface area contributed by atoms with Gasteiger partial charge in [-0.05, 0) is 49.9 Å². The first-order valence-corrected chi connectivity index (χ1v) is 8.84. The molecule has 1 aliphatic rings. The third kappa shape index (κ3) is 2.72. The van der Waals surface area contributed by atoms with Gasteiger partial charge in [-0.1, -0.05) is 24.3 Å². The van der Waals surface area contributed by atoms with Gasteiger partial charge in [0.1, 0.15) is 6.54 Å². The van der Waals surface area contributed by atoms with Gasteiger partial charge in [0.15, 0.2) is 5.43 Å². The van der Waals surface area contributed by atoms with E-state index in [4.69, 9.17) is 0 Å². The average molecular weight is 334 g/mol. The Bertz CT molecular complexity index is 957. The summed E-state index contributed by atoms with van der Waals surface area (Å²) in [6, 6.07) is 15.3. The summed E-state index contributed by atoms with van der Waals surface area (Å²) in [5.74, 6) is 0.717. The molecule has 1 amide bonds. The van der Waals surface area contributed by atoms with E-state index in [9.17, 15) is 9.59 Å². The maximum Gasteiger partial charge on any atom is 0.242 e. The van der Waals surface area contributed by atoms with Crippen molar-refractivity contribution in [3.63, 3.8) is 0 Å². The highest BCUT2D eigenvalue weighted by Crippen LogP contribution is 2.34. The standard InChI is InChI=1S/C21H22N2O2/c1-14(15-11-12-15)22(2)20(24)13-23-18-9-5-3-7-16(18)21(25)17-8-4-6-10-19(17)23/h3-10,14-15H,11-13H2,1-2H3/t14-/m1/s1. The smallest absolute Gasteiger partial charge is 0.242 e. The molecule has 1 aromatic heterocycles. The molecule has 3 aromatic rings. The number of rotatable bonds is 4. The molecule has 0 bridgehead atoms. The molecule has 0 radical (unpaired) electrons. The van der Waals surface area contributed by atoms with Crippen LogP contribution in [0.4, 0.5) is 0 Å². The Morgan fingerprint density at radius 2 is 1.60 bits per heavy atom. The highest BCUT2D eigenvalue weighted by atomic mass is 16.2. The fourth-order valence-electron chi connectivity index (χ4n) is 3.62. The van der Waals surface area contributed by atoms with Gasteiger partial charge in [0.05, 0.1) is 11.0 Å². The lowest BCUT2D eigenvalue weighted by atomic mass is 10.1. The molecule has 0 aliphatic heterocycles. The minimum absolute atomic E-state index is 0.0228. The van der Waals surface area contributed by atoms with E-state index in [1.807, 2.05) is 65.0 Å². The molecule has 1 atom stereocenters. The Kier molecular flexibility index (Phi) is 3.83. The number of amides is 1.